The third kappa shape index (κ3) is 4.41. The van der Waals surface area contributed by atoms with Gasteiger partial charge in [-0.25, -0.2) is 4.98 Å². The monoisotopic (exact) mass is 375 g/mol. The molecule has 0 saturated carbocycles. The van der Waals surface area contributed by atoms with Gasteiger partial charge in [0, 0.05) is 43.7 Å². The van der Waals surface area contributed by atoms with Gasteiger partial charge in [0.25, 0.3) is 0 Å². The van der Waals surface area contributed by atoms with Crippen molar-refractivity contribution in [3.05, 3.63) is 35.3 Å². The number of aliphatic carboxylic acids is 1. The zero-order valence-corrected chi connectivity index (χ0v) is 16.0. The van der Waals surface area contributed by atoms with E-state index in [9.17, 15) is 9.90 Å². The topological polar surface area (TPSA) is 65.9 Å². The summed E-state index contributed by atoms with van der Waals surface area (Å²) in [7, 11) is 1.66. The molecule has 140 valence electrons. The van der Waals surface area contributed by atoms with Gasteiger partial charge in [0.15, 0.2) is 0 Å². The number of hydrogen-bond donors (Lipinski definition) is 1. The van der Waals surface area contributed by atoms with Gasteiger partial charge < -0.3 is 9.84 Å². The minimum Gasteiger partial charge on any atom is -0.497 e. The number of carbonyl (C=O) groups is 1. The van der Waals surface area contributed by atoms with E-state index in [1.165, 1.54) is 0 Å². The summed E-state index contributed by atoms with van der Waals surface area (Å²) in [5, 5.41) is 12.4. The van der Waals surface area contributed by atoms with Crippen molar-refractivity contribution in [1.29, 1.82) is 0 Å². The second-order valence-corrected chi connectivity index (χ2v) is 7.31. The summed E-state index contributed by atoms with van der Waals surface area (Å²) >= 11 is 1.65. The van der Waals surface area contributed by atoms with Gasteiger partial charge in [-0.3, -0.25) is 14.6 Å². The third-order valence-electron chi connectivity index (χ3n) is 4.79. The van der Waals surface area contributed by atoms with Crippen molar-refractivity contribution in [3.8, 4) is 16.3 Å². The number of hydrogen-bond acceptors (Lipinski definition) is 6. The molecule has 1 atom stereocenters. The van der Waals surface area contributed by atoms with Crippen molar-refractivity contribution in [3.63, 3.8) is 0 Å². The lowest BCUT2D eigenvalue weighted by molar-refractivity contribution is -0.144. The van der Waals surface area contributed by atoms with Gasteiger partial charge in [-0.2, -0.15) is 0 Å². The number of carboxylic acids is 1. The SMILES string of the molecule is CCC(C(=O)O)N1CCN(Cc2csc(-c3ccc(OC)cc3)n2)CC1. The molecule has 0 amide bonds. The lowest BCUT2D eigenvalue weighted by atomic mass is 10.1. The molecule has 26 heavy (non-hydrogen) atoms. The minimum absolute atomic E-state index is 0.363. The lowest BCUT2D eigenvalue weighted by Gasteiger charge is -2.37. The summed E-state index contributed by atoms with van der Waals surface area (Å²) < 4.78 is 5.19. The zero-order chi connectivity index (χ0) is 18.5. The van der Waals surface area contributed by atoms with Gasteiger partial charge in [0.05, 0.1) is 12.8 Å². The Kier molecular flexibility index (Phi) is 6.24. The van der Waals surface area contributed by atoms with Gasteiger partial charge >= 0.3 is 5.97 Å². The number of thiazole rings is 1. The Morgan fingerprint density at radius 3 is 2.54 bits per heavy atom. The molecule has 1 aromatic carbocycles. The van der Waals surface area contributed by atoms with Crippen LogP contribution in [-0.2, 0) is 11.3 Å². The van der Waals surface area contributed by atoms with Crippen LogP contribution in [0.4, 0.5) is 0 Å². The first-order valence-corrected chi connectivity index (χ1v) is 9.76. The molecule has 3 rings (SSSR count). The van der Waals surface area contributed by atoms with Gasteiger partial charge in [-0.15, -0.1) is 11.3 Å². The van der Waals surface area contributed by atoms with E-state index in [-0.39, 0.29) is 6.04 Å². The Labute approximate surface area is 158 Å². The number of piperazine rings is 1. The van der Waals surface area contributed by atoms with E-state index in [2.05, 4.69) is 15.2 Å². The number of aromatic nitrogens is 1. The summed E-state index contributed by atoms with van der Waals surface area (Å²) in [6, 6.07) is 7.58. The highest BCUT2D eigenvalue weighted by atomic mass is 32.1. The second-order valence-electron chi connectivity index (χ2n) is 6.45. The first-order valence-electron chi connectivity index (χ1n) is 8.88. The van der Waals surface area contributed by atoms with Crippen LogP contribution in [0.15, 0.2) is 29.6 Å². The molecular formula is C19H25N3O3S. The van der Waals surface area contributed by atoms with E-state index in [1.807, 2.05) is 31.2 Å². The maximum Gasteiger partial charge on any atom is 0.320 e. The Morgan fingerprint density at radius 2 is 1.96 bits per heavy atom. The van der Waals surface area contributed by atoms with Crippen LogP contribution in [0.3, 0.4) is 0 Å². The maximum absolute atomic E-state index is 11.3. The third-order valence-corrected chi connectivity index (χ3v) is 5.73. The van der Waals surface area contributed by atoms with Crippen molar-refractivity contribution in [2.24, 2.45) is 0 Å². The van der Waals surface area contributed by atoms with Crippen LogP contribution in [0.2, 0.25) is 0 Å². The molecule has 0 radical (unpaired) electrons. The number of carboxylic acid groups (broad SMARTS) is 1. The van der Waals surface area contributed by atoms with Crippen LogP contribution in [0.25, 0.3) is 10.6 Å². The summed E-state index contributed by atoms with van der Waals surface area (Å²) in [5.74, 6) is 0.125. The largest absolute Gasteiger partial charge is 0.497 e. The smallest absolute Gasteiger partial charge is 0.320 e. The summed E-state index contributed by atoms with van der Waals surface area (Å²) in [6.07, 6.45) is 0.645. The van der Waals surface area contributed by atoms with Crippen LogP contribution >= 0.6 is 11.3 Å². The molecule has 6 nitrogen and oxygen atoms in total. The van der Waals surface area contributed by atoms with Crippen molar-refractivity contribution >= 4 is 17.3 Å². The first kappa shape index (κ1) is 18.8. The molecule has 1 fully saturated rings. The number of nitrogens with zero attached hydrogens (tertiary/aromatic N) is 3. The van der Waals surface area contributed by atoms with E-state index < -0.39 is 5.97 Å². The zero-order valence-electron chi connectivity index (χ0n) is 15.2. The molecule has 1 unspecified atom stereocenters. The average molecular weight is 375 g/mol. The molecule has 1 saturated heterocycles. The second kappa shape index (κ2) is 8.62. The highest BCUT2D eigenvalue weighted by molar-refractivity contribution is 7.13. The molecule has 1 N–H and O–H groups in total. The standard InChI is InChI=1S/C19H25N3O3S/c1-3-17(19(23)24)22-10-8-21(9-11-22)12-15-13-26-18(20-15)14-4-6-16(25-2)7-5-14/h4-7,13,17H,3,8-12H2,1-2H3,(H,23,24). The predicted molar refractivity (Wildman–Crippen MR) is 103 cm³/mol. The van der Waals surface area contributed by atoms with Crippen molar-refractivity contribution in [1.82, 2.24) is 14.8 Å². The van der Waals surface area contributed by atoms with Gasteiger partial charge in [0.1, 0.15) is 16.8 Å². The molecular weight excluding hydrogens is 350 g/mol. The Hall–Kier alpha value is -1.96. The predicted octanol–water partition coefficient (Wildman–Crippen LogP) is 2.80. The van der Waals surface area contributed by atoms with Crippen LogP contribution in [0, 0.1) is 0 Å². The Morgan fingerprint density at radius 1 is 1.27 bits per heavy atom. The van der Waals surface area contributed by atoms with Crippen molar-refractivity contribution in [2.45, 2.75) is 25.9 Å². The van der Waals surface area contributed by atoms with E-state index in [0.717, 1.165) is 54.7 Å². The van der Waals surface area contributed by atoms with Crippen LogP contribution < -0.4 is 4.74 Å². The van der Waals surface area contributed by atoms with Crippen LogP contribution in [-0.4, -0.2) is 65.2 Å². The molecule has 1 aromatic heterocycles. The fourth-order valence-corrected chi connectivity index (χ4v) is 4.11. The number of ether oxygens (including phenoxy) is 1. The molecule has 0 aliphatic carbocycles. The number of rotatable bonds is 7. The summed E-state index contributed by atoms with van der Waals surface area (Å²) in [5.41, 5.74) is 2.17. The fourth-order valence-electron chi connectivity index (χ4n) is 3.30. The highest BCUT2D eigenvalue weighted by Gasteiger charge is 2.27. The first-order chi connectivity index (χ1) is 12.6. The van der Waals surface area contributed by atoms with Gasteiger partial charge in [0.2, 0.25) is 0 Å². The van der Waals surface area contributed by atoms with Gasteiger partial charge in [-0.1, -0.05) is 6.92 Å². The summed E-state index contributed by atoms with van der Waals surface area (Å²) in [6.45, 7) is 6.07. The van der Waals surface area contributed by atoms with E-state index in [1.54, 1.807) is 18.4 Å². The minimum atomic E-state index is -0.718. The van der Waals surface area contributed by atoms with E-state index >= 15 is 0 Å². The lowest BCUT2D eigenvalue weighted by Crippen LogP contribution is -2.52. The van der Waals surface area contributed by atoms with Crippen LogP contribution in [0.5, 0.6) is 5.75 Å². The molecule has 7 heteroatoms. The molecule has 2 aromatic rings. The van der Waals surface area contributed by atoms with Crippen LogP contribution in [0.1, 0.15) is 19.0 Å². The van der Waals surface area contributed by atoms with E-state index in [0.29, 0.717) is 6.42 Å². The molecule has 0 bridgehead atoms. The quantitative estimate of drug-likeness (QED) is 0.803. The average Bonchev–Trinajstić information content (AvgIpc) is 3.12. The maximum atomic E-state index is 11.3. The fraction of sp³-hybridized carbons (Fsp3) is 0.474. The van der Waals surface area contributed by atoms with Gasteiger partial charge in [-0.05, 0) is 30.7 Å². The highest BCUT2D eigenvalue weighted by Crippen LogP contribution is 2.26. The normalized spacial score (nSPS) is 17.2. The number of methoxy groups -OCH3 is 1. The molecule has 1 aliphatic rings. The number of benzene rings is 1. The molecule has 2 heterocycles. The molecule has 1 aliphatic heterocycles. The summed E-state index contributed by atoms with van der Waals surface area (Å²) in [4.78, 5) is 20.5. The van der Waals surface area contributed by atoms with Crippen molar-refractivity contribution in [2.75, 3.05) is 33.3 Å². The molecule has 0 spiro atoms. The Bertz CT molecular complexity index is 724. The Balaban J connectivity index is 1.56. The van der Waals surface area contributed by atoms with E-state index in [4.69, 9.17) is 9.72 Å². The van der Waals surface area contributed by atoms with Crippen molar-refractivity contribution < 1.29 is 14.6 Å².